The van der Waals surface area contributed by atoms with Crippen molar-refractivity contribution in [3.8, 4) is 0 Å². The first kappa shape index (κ1) is 20.5. The topological polar surface area (TPSA) is 61.7 Å². The Bertz CT molecular complexity index is 1090. The molecule has 3 heterocycles. The van der Waals surface area contributed by atoms with Crippen LogP contribution < -0.4 is 0 Å². The van der Waals surface area contributed by atoms with E-state index in [0.29, 0.717) is 44.1 Å². The molecule has 1 fully saturated rings. The summed E-state index contributed by atoms with van der Waals surface area (Å²) in [6, 6.07) is 22.0. The van der Waals surface area contributed by atoms with Crippen molar-refractivity contribution in [2.24, 2.45) is 0 Å². The SMILES string of the molecule is O=C(c1cc2n(n1)CCN(Cc1ccccc1)C2=O)N1CCN(Cc2ccccc2)CC1. The Labute approximate surface area is 187 Å². The van der Waals surface area contributed by atoms with Crippen molar-refractivity contribution in [3.05, 3.63) is 89.2 Å². The van der Waals surface area contributed by atoms with Crippen molar-refractivity contribution < 1.29 is 9.59 Å². The molecule has 7 heteroatoms. The fourth-order valence-corrected chi connectivity index (χ4v) is 4.41. The molecule has 164 valence electrons. The molecular formula is C25H27N5O2. The van der Waals surface area contributed by atoms with E-state index in [9.17, 15) is 9.59 Å². The molecule has 2 aromatic carbocycles. The summed E-state index contributed by atoms with van der Waals surface area (Å²) in [6.45, 7) is 5.66. The second-order valence-corrected chi connectivity index (χ2v) is 8.40. The lowest BCUT2D eigenvalue weighted by molar-refractivity contribution is 0.0619. The van der Waals surface area contributed by atoms with Crippen LogP contribution in [0.25, 0.3) is 0 Å². The van der Waals surface area contributed by atoms with Crippen molar-refractivity contribution in [2.75, 3.05) is 32.7 Å². The van der Waals surface area contributed by atoms with Crippen LogP contribution in [0.4, 0.5) is 0 Å². The third-order valence-corrected chi connectivity index (χ3v) is 6.21. The molecule has 0 saturated carbocycles. The number of aromatic nitrogens is 2. The summed E-state index contributed by atoms with van der Waals surface area (Å²) < 4.78 is 1.68. The number of nitrogens with zero attached hydrogens (tertiary/aromatic N) is 5. The highest BCUT2D eigenvalue weighted by Gasteiger charge is 2.30. The van der Waals surface area contributed by atoms with E-state index in [1.54, 1.807) is 10.7 Å². The van der Waals surface area contributed by atoms with Gasteiger partial charge >= 0.3 is 0 Å². The molecule has 2 aliphatic heterocycles. The number of piperazine rings is 1. The van der Waals surface area contributed by atoms with E-state index in [2.05, 4.69) is 34.3 Å². The number of benzene rings is 2. The van der Waals surface area contributed by atoms with Crippen molar-refractivity contribution in [1.29, 1.82) is 0 Å². The highest BCUT2D eigenvalue weighted by atomic mass is 16.2. The van der Waals surface area contributed by atoms with Crippen molar-refractivity contribution >= 4 is 11.8 Å². The average Bonchev–Trinajstić information content (AvgIpc) is 3.28. The maximum Gasteiger partial charge on any atom is 0.274 e. The van der Waals surface area contributed by atoms with Gasteiger partial charge in [-0.25, -0.2) is 0 Å². The zero-order valence-corrected chi connectivity index (χ0v) is 18.1. The Morgan fingerprint density at radius 1 is 0.781 bits per heavy atom. The lowest BCUT2D eigenvalue weighted by atomic mass is 10.2. The predicted molar refractivity (Wildman–Crippen MR) is 121 cm³/mol. The molecule has 1 saturated heterocycles. The Hall–Kier alpha value is -3.45. The van der Waals surface area contributed by atoms with Crippen LogP contribution in [0.1, 0.15) is 32.1 Å². The number of carbonyl (C=O) groups is 2. The van der Waals surface area contributed by atoms with Gasteiger partial charge in [0.1, 0.15) is 5.69 Å². The minimum absolute atomic E-state index is 0.0701. The van der Waals surface area contributed by atoms with Gasteiger partial charge in [0.2, 0.25) is 0 Å². The first-order valence-corrected chi connectivity index (χ1v) is 11.1. The van der Waals surface area contributed by atoms with E-state index in [0.717, 1.165) is 25.2 Å². The van der Waals surface area contributed by atoms with Gasteiger partial charge in [-0.05, 0) is 11.1 Å². The summed E-state index contributed by atoms with van der Waals surface area (Å²) in [5, 5.41) is 4.47. The molecule has 0 radical (unpaired) electrons. The van der Waals surface area contributed by atoms with Gasteiger partial charge in [-0.2, -0.15) is 5.10 Å². The summed E-state index contributed by atoms with van der Waals surface area (Å²) in [4.78, 5) is 32.1. The van der Waals surface area contributed by atoms with Crippen molar-refractivity contribution in [3.63, 3.8) is 0 Å². The van der Waals surface area contributed by atoms with Gasteiger partial charge in [0.25, 0.3) is 11.8 Å². The van der Waals surface area contributed by atoms with E-state index in [1.807, 2.05) is 46.2 Å². The summed E-state index contributed by atoms with van der Waals surface area (Å²) in [5.74, 6) is -0.159. The maximum absolute atomic E-state index is 13.1. The molecule has 0 atom stereocenters. The van der Waals surface area contributed by atoms with Gasteiger partial charge in [-0.3, -0.25) is 19.2 Å². The standard InChI is InChI=1S/C25H27N5O2/c31-24(28-13-11-27(12-14-28)18-20-7-3-1-4-8-20)22-17-23-25(32)29(15-16-30(23)26-22)19-21-9-5-2-6-10-21/h1-10,17H,11-16,18-19H2. The lowest BCUT2D eigenvalue weighted by Crippen LogP contribution is -2.48. The third-order valence-electron chi connectivity index (χ3n) is 6.21. The van der Waals surface area contributed by atoms with Gasteiger partial charge in [0.15, 0.2) is 5.69 Å². The van der Waals surface area contributed by atoms with E-state index in [-0.39, 0.29) is 11.8 Å². The third kappa shape index (κ3) is 4.29. The molecule has 7 nitrogen and oxygen atoms in total. The molecule has 0 bridgehead atoms. The molecule has 5 rings (SSSR count). The zero-order valence-electron chi connectivity index (χ0n) is 18.1. The van der Waals surface area contributed by atoms with Crippen LogP contribution in [0.5, 0.6) is 0 Å². The molecule has 32 heavy (non-hydrogen) atoms. The van der Waals surface area contributed by atoms with E-state index >= 15 is 0 Å². The Morgan fingerprint density at radius 3 is 2.06 bits per heavy atom. The monoisotopic (exact) mass is 429 g/mol. The van der Waals surface area contributed by atoms with Crippen LogP contribution in [0.15, 0.2) is 66.7 Å². The van der Waals surface area contributed by atoms with E-state index in [4.69, 9.17) is 0 Å². The van der Waals surface area contributed by atoms with E-state index in [1.165, 1.54) is 5.56 Å². The Balaban J connectivity index is 1.21. The molecule has 2 amide bonds. The maximum atomic E-state index is 13.1. The van der Waals surface area contributed by atoms with Crippen LogP contribution in [-0.4, -0.2) is 69.0 Å². The number of hydrogen-bond acceptors (Lipinski definition) is 4. The summed E-state index contributed by atoms with van der Waals surface area (Å²) in [5.41, 5.74) is 3.25. The number of fused-ring (bicyclic) bond motifs is 1. The molecule has 2 aliphatic rings. The Kier molecular flexibility index (Phi) is 5.73. The highest BCUT2D eigenvalue weighted by Crippen LogP contribution is 2.18. The fraction of sp³-hybridized carbons (Fsp3) is 0.320. The normalized spacial score (nSPS) is 16.8. The molecule has 3 aromatic rings. The van der Waals surface area contributed by atoms with Crippen LogP contribution in [0, 0.1) is 0 Å². The largest absolute Gasteiger partial charge is 0.335 e. The Morgan fingerprint density at radius 2 is 1.41 bits per heavy atom. The first-order chi connectivity index (χ1) is 15.7. The van der Waals surface area contributed by atoms with Crippen LogP contribution in [0.3, 0.4) is 0 Å². The average molecular weight is 430 g/mol. The van der Waals surface area contributed by atoms with Crippen LogP contribution in [-0.2, 0) is 19.6 Å². The fourth-order valence-electron chi connectivity index (χ4n) is 4.41. The van der Waals surface area contributed by atoms with Crippen LogP contribution >= 0.6 is 0 Å². The molecule has 0 N–H and O–H groups in total. The number of rotatable bonds is 5. The first-order valence-electron chi connectivity index (χ1n) is 11.1. The van der Waals surface area contributed by atoms with Crippen molar-refractivity contribution in [2.45, 2.75) is 19.6 Å². The number of amides is 2. The second kappa shape index (κ2) is 8.96. The summed E-state index contributed by atoms with van der Waals surface area (Å²) >= 11 is 0. The molecule has 0 spiro atoms. The van der Waals surface area contributed by atoms with Crippen LogP contribution in [0.2, 0.25) is 0 Å². The number of carbonyl (C=O) groups excluding carboxylic acids is 2. The minimum Gasteiger partial charge on any atom is -0.335 e. The quantitative estimate of drug-likeness (QED) is 0.625. The summed E-state index contributed by atoms with van der Waals surface area (Å²) in [6.07, 6.45) is 0. The predicted octanol–water partition coefficient (Wildman–Crippen LogP) is 2.50. The molecule has 0 aliphatic carbocycles. The minimum atomic E-state index is -0.0892. The van der Waals surface area contributed by atoms with Crippen molar-refractivity contribution in [1.82, 2.24) is 24.5 Å². The molecule has 0 unspecified atom stereocenters. The smallest absolute Gasteiger partial charge is 0.274 e. The van der Waals surface area contributed by atoms with Gasteiger partial charge in [0.05, 0.1) is 6.54 Å². The molecule has 1 aromatic heterocycles. The zero-order chi connectivity index (χ0) is 21.9. The number of hydrogen-bond donors (Lipinski definition) is 0. The second-order valence-electron chi connectivity index (χ2n) is 8.40. The van der Waals surface area contributed by atoms with E-state index < -0.39 is 0 Å². The lowest BCUT2D eigenvalue weighted by Gasteiger charge is -2.34. The summed E-state index contributed by atoms with van der Waals surface area (Å²) in [7, 11) is 0. The van der Waals surface area contributed by atoms with Gasteiger partial charge < -0.3 is 9.80 Å². The molecular weight excluding hydrogens is 402 g/mol. The van der Waals surface area contributed by atoms with Gasteiger partial charge in [0, 0.05) is 51.9 Å². The van der Waals surface area contributed by atoms with Gasteiger partial charge in [-0.15, -0.1) is 0 Å². The highest BCUT2D eigenvalue weighted by molar-refractivity contribution is 5.98. The van der Waals surface area contributed by atoms with Gasteiger partial charge in [-0.1, -0.05) is 60.7 Å².